The highest BCUT2D eigenvalue weighted by Gasteiger charge is 2.10. The second kappa shape index (κ2) is 4.85. The lowest BCUT2D eigenvalue weighted by Gasteiger charge is -2.00. The van der Waals surface area contributed by atoms with Crippen LogP contribution in [-0.2, 0) is 4.74 Å². The molecular weight excluding hydrogens is 202 g/mol. The number of carboxylic acids is 1. The summed E-state index contributed by atoms with van der Waals surface area (Å²) in [6.07, 6.45) is 0.672. The zero-order valence-electron chi connectivity index (χ0n) is 7.73. The van der Waals surface area contributed by atoms with Crippen LogP contribution in [0.15, 0.2) is 29.2 Å². The molecule has 6 heteroatoms. The minimum absolute atomic E-state index is 0.0152. The van der Waals surface area contributed by atoms with E-state index in [2.05, 4.69) is 16.6 Å². The predicted octanol–water partition coefficient (Wildman–Crippen LogP) is 1.71. The molecule has 15 heavy (non-hydrogen) atoms. The van der Waals surface area contributed by atoms with Crippen molar-refractivity contribution < 1.29 is 23.8 Å². The van der Waals surface area contributed by atoms with Crippen molar-refractivity contribution in [2.75, 3.05) is 11.9 Å². The normalized spacial score (nSPS) is 9.33. The van der Waals surface area contributed by atoms with Gasteiger partial charge in [0.05, 0.1) is 0 Å². The molecule has 0 aromatic carbocycles. The number of amides is 1. The Kier molecular flexibility index (Phi) is 3.50. The standard InChI is InChI=1S/C9H9NO5/c1-2-5-14-9(13)10-7-4-3-6(15-7)8(11)12/h2-4H,1,5H2,(H,10,13)(H,11,12). The lowest BCUT2D eigenvalue weighted by molar-refractivity contribution is 0.0663. The van der Waals surface area contributed by atoms with Gasteiger partial charge in [0.1, 0.15) is 6.61 Å². The van der Waals surface area contributed by atoms with Crippen LogP contribution in [0, 0.1) is 0 Å². The Morgan fingerprint density at radius 3 is 2.87 bits per heavy atom. The van der Waals surface area contributed by atoms with Gasteiger partial charge < -0.3 is 14.3 Å². The molecule has 1 aromatic heterocycles. The van der Waals surface area contributed by atoms with Gasteiger partial charge in [0.15, 0.2) is 0 Å². The summed E-state index contributed by atoms with van der Waals surface area (Å²) in [5.74, 6) is -1.45. The maximum Gasteiger partial charge on any atom is 0.414 e. The Morgan fingerprint density at radius 2 is 2.33 bits per heavy atom. The minimum Gasteiger partial charge on any atom is -0.475 e. The van der Waals surface area contributed by atoms with Gasteiger partial charge in [-0.3, -0.25) is 5.32 Å². The summed E-state index contributed by atoms with van der Waals surface area (Å²) in [5.41, 5.74) is 0. The van der Waals surface area contributed by atoms with Gasteiger partial charge in [0, 0.05) is 6.07 Å². The van der Waals surface area contributed by atoms with E-state index in [0.29, 0.717) is 0 Å². The highest BCUT2D eigenvalue weighted by molar-refractivity contribution is 5.87. The summed E-state index contributed by atoms with van der Waals surface area (Å²) >= 11 is 0. The number of rotatable bonds is 4. The van der Waals surface area contributed by atoms with Gasteiger partial charge in [-0.1, -0.05) is 12.7 Å². The molecule has 0 unspecified atom stereocenters. The molecule has 0 atom stereocenters. The molecular formula is C9H9NO5. The summed E-state index contributed by atoms with van der Waals surface area (Å²) in [4.78, 5) is 21.4. The van der Waals surface area contributed by atoms with Crippen LogP contribution in [0.25, 0.3) is 0 Å². The molecule has 1 rings (SSSR count). The Balaban J connectivity index is 2.53. The molecule has 1 heterocycles. The molecule has 0 saturated heterocycles. The molecule has 80 valence electrons. The van der Waals surface area contributed by atoms with Crippen molar-refractivity contribution in [3.05, 3.63) is 30.5 Å². The minimum atomic E-state index is -1.21. The van der Waals surface area contributed by atoms with Crippen molar-refractivity contribution in [3.63, 3.8) is 0 Å². The van der Waals surface area contributed by atoms with E-state index in [9.17, 15) is 9.59 Å². The van der Waals surface area contributed by atoms with Crippen LogP contribution in [0.4, 0.5) is 10.7 Å². The van der Waals surface area contributed by atoms with E-state index < -0.39 is 12.1 Å². The molecule has 0 radical (unpaired) electrons. The first kappa shape index (κ1) is 10.8. The Morgan fingerprint density at radius 1 is 1.60 bits per heavy atom. The zero-order valence-corrected chi connectivity index (χ0v) is 7.73. The van der Waals surface area contributed by atoms with Crippen LogP contribution >= 0.6 is 0 Å². The Labute approximate surface area is 85.1 Å². The quantitative estimate of drug-likeness (QED) is 0.740. The topological polar surface area (TPSA) is 88.8 Å². The molecule has 1 aromatic rings. The van der Waals surface area contributed by atoms with Crippen molar-refractivity contribution in [2.45, 2.75) is 0 Å². The second-order valence-electron chi connectivity index (χ2n) is 2.48. The molecule has 0 saturated carbocycles. The molecule has 0 aliphatic carbocycles. The highest BCUT2D eigenvalue weighted by atomic mass is 16.5. The van der Waals surface area contributed by atoms with E-state index in [-0.39, 0.29) is 18.3 Å². The van der Waals surface area contributed by atoms with Crippen molar-refractivity contribution in [3.8, 4) is 0 Å². The first-order valence-corrected chi connectivity index (χ1v) is 4.01. The van der Waals surface area contributed by atoms with E-state index in [4.69, 9.17) is 9.52 Å². The first-order chi connectivity index (χ1) is 7.13. The smallest absolute Gasteiger partial charge is 0.414 e. The molecule has 2 N–H and O–H groups in total. The van der Waals surface area contributed by atoms with Crippen LogP contribution in [-0.4, -0.2) is 23.8 Å². The van der Waals surface area contributed by atoms with Crippen LogP contribution < -0.4 is 5.32 Å². The van der Waals surface area contributed by atoms with Crippen molar-refractivity contribution in [1.29, 1.82) is 0 Å². The van der Waals surface area contributed by atoms with Crippen LogP contribution in [0.5, 0.6) is 0 Å². The number of carbonyl (C=O) groups excluding carboxylic acids is 1. The van der Waals surface area contributed by atoms with Crippen LogP contribution in [0.2, 0.25) is 0 Å². The third-order valence-electron chi connectivity index (χ3n) is 1.37. The van der Waals surface area contributed by atoms with Gasteiger partial charge in [-0.25, -0.2) is 9.59 Å². The SMILES string of the molecule is C=CCOC(=O)Nc1ccc(C(=O)O)o1. The summed E-state index contributed by atoms with van der Waals surface area (Å²) < 4.78 is 9.35. The van der Waals surface area contributed by atoms with Gasteiger partial charge in [-0.05, 0) is 6.07 Å². The number of carboxylic acid groups (broad SMARTS) is 1. The molecule has 6 nitrogen and oxygen atoms in total. The summed E-state index contributed by atoms with van der Waals surface area (Å²) in [7, 11) is 0. The largest absolute Gasteiger partial charge is 0.475 e. The molecule has 1 amide bonds. The number of ether oxygens (including phenoxy) is 1. The molecule has 0 aliphatic rings. The summed E-state index contributed by atoms with van der Waals surface area (Å²) in [6, 6.07) is 2.55. The van der Waals surface area contributed by atoms with Crippen LogP contribution in [0.3, 0.4) is 0 Å². The van der Waals surface area contributed by atoms with Crippen LogP contribution in [0.1, 0.15) is 10.6 Å². The fourth-order valence-electron chi connectivity index (χ4n) is 0.791. The van der Waals surface area contributed by atoms with E-state index in [1.165, 1.54) is 18.2 Å². The number of nitrogens with one attached hydrogen (secondary N) is 1. The van der Waals surface area contributed by atoms with Gasteiger partial charge in [0.2, 0.25) is 11.6 Å². The number of hydrogen-bond acceptors (Lipinski definition) is 4. The molecule has 0 spiro atoms. The summed E-state index contributed by atoms with van der Waals surface area (Å²) in [5, 5.41) is 10.7. The van der Waals surface area contributed by atoms with Crippen molar-refractivity contribution >= 4 is 17.9 Å². The summed E-state index contributed by atoms with van der Waals surface area (Å²) in [6.45, 7) is 3.43. The number of anilines is 1. The zero-order chi connectivity index (χ0) is 11.3. The molecule has 0 bridgehead atoms. The fraction of sp³-hybridized carbons (Fsp3) is 0.111. The number of hydrogen-bond donors (Lipinski definition) is 2. The Hall–Kier alpha value is -2.24. The lowest BCUT2D eigenvalue weighted by atomic mass is 10.5. The maximum atomic E-state index is 11.0. The van der Waals surface area contributed by atoms with Crippen molar-refractivity contribution in [1.82, 2.24) is 0 Å². The first-order valence-electron chi connectivity index (χ1n) is 4.01. The van der Waals surface area contributed by atoms with E-state index in [1.54, 1.807) is 0 Å². The third-order valence-corrected chi connectivity index (χ3v) is 1.37. The average molecular weight is 211 g/mol. The Bertz CT molecular complexity index is 382. The number of aromatic carboxylic acids is 1. The molecule has 0 aliphatic heterocycles. The lowest BCUT2D eigenvalue weighted by Crippen LogP contribution is -2.12. The molecule has 0 fully saturated rings. The number of furan rings is 1. The number of carbonyl (C=O) groups is 2. The van der Waals surface area contributed by atoms with E-state index >= 15 is 0 Å². The van der Waals surface area contributed by atoms with E-state index in [0.717, 1.165) is 0 Å². The van der Waals surface area contributed by atoms with Gasteiger partial charge in [0.25, 0.3) is 0 Å². The highest BCUT2D eigenvalue weighted by Crippen LogP contribution is 2.13. The monoisotopic (exact) mass is 211 g/mol. The van der Waals surface area contributed by atoms with Crippen molar-refractivity contribution in [2.24, 2.45) is 0 Å². The van der Waals surface area contributed by atoms with E-state index in [1.807, 2.05) is 0 Å². The van der Waals surface area contributed by atoms with Gasteiger partial charge in [-0.2, -0.15) is 0 Å². The fourth-order valence-corrected chi connectivity index (χ4v) is 0.791. The van der Waals surface area contributed by atoms with Gasteiger partial charge >= 0.3 is 12.1 Å². The second-order valence-corrected chi connectivity index (χ2v) is 2.48. The van der Waals surface area contributed by atoms with Gasteiger partial charge in [-0.15, -0.1) is 0 Å². The predicted molar refractivity (Wildman–Crippen MR) is 50.8 cm³/mol. The third kappa shape index (κ3) is 3.18. The maximum absolute atomic E-state index is 11.0. The average Bonchev–Trinajstić information content (AvgIpc) is 2.63.